The third-order valence-corrected chi connectivity index (χ3v) is 4.83. The van der Waals surface area contributed by atoms with Gasteiger partial charge in [-0.2, -0.15) is 13.2 Å². The Hall–Kier alpha value is -3.02. The number of nitrogen functional groups attached to an aromatic ring is 1. The van der Waals surface area contributed by atoms with Crippen LogP contribution in [0.1, 0.15) is 33.3 Å². The molecule has 0 saturated carbocycles. The van der Waals surface area contributed by atoms with Crippen molar-refractivity contribution in [2.75, 3.05) is 17.2 Å². The van der Waals surface area contributed by atoms with Crippen molar-refractivity contribution in [3.05, 3.63) is 54.0 Å². The Morgan fingerprint density at radius 1 is 1.18 bits per heavy atom. The van der Waals surface area contributed by atoms with Crippen LogP contribution in [0.25, 0.3) is 0 Å². The number of hydrogen-bond donors (Lipinski definition) is 2. The maximum absolute atomic E-state index is 13.1. The largest absolute Gasteiger partial charge is 0.417 e. The number of nitrogens with zero attached hydrogens (tertiary/aromatic N) is 3. The van der Waals surface area contributed by atoms with E-state index in [9.17, 15) is 32.3 Å². The van der Waals surface area contributed by atoms with Crippen molar-refractivity contribution >= 4 is 29.0 Å². The number of hydrogen-bond acceptors (Lipinski definition) is 5. The predicted molar refractivity (Wildman–Crippen MR) is 118 cm³/mol. The van der Waals surface area contributed by atoms with Gasteiger partial charge >= 0.3 is 11.9 Å². The maximum Gasteiger partial charge on any atom is 0.417 e. The van der Waals surface area contributed by atoms with Crippen LogP contribution in [0, 0.1) is 11.8 Å². The minimum absolute atomic E-state index is 0.0242. The molecule has 2 heterocycles. The highest BCUT2D eigenvalue weighted by Crippen LogP contribution is 2.29. The number of amides is 1. The van der Waals surface area contributed by atoms with E-state index in [0.717, 1.165) is 9.47 Å². The summed E-state index contributed by atoms with van der Waals surface area (Å²) in [6, 6.07) is 0.473. The molecule has 0 atom stereocenters. The lowest BCUT2D eigenvalue weighted by Crippen LogP contribution is -2.45. The first-order valence-corrected chi connectivity index (χ1v) is 10.4. The van der Waals surface area contributed by atoms with E-state index in [1.54, 1.807) is 13.8 Å². The first kappa shape index (κ1) is 26.2. The Labute approximate surface area is 191 Å². The molecule has 0 bridgehead atoms. The minimum Gasteiger partial charge on any atom is -0.383 e. The first-order chi connectivity index (χ1) is 15.1. The van der Waals surface area contributed by atoms with Crippen LogP contribution in [0.5, 0.6) is 0 Å². The lowest BCUT2D eigenvalue weighted by Gasteiger charge is -2.26. The van der Waals surface area contributed by atoms with Gasteiger partial charge in [-0.1, -0.05) is 39.3 Å². The summed E-state index contributed by atoms with van der Waals surface area (Å²) in [5.41, 5.74) is 1.87. The van der Waals surface area contributed by atoms with Crippen molar-refractivity contribution in [3.63, 3.8) is 0 Å². The van der Waals surface area contributed by atoms with E-state index in [1.807, 2.05) is 13.8 Å². The first-order valence-electron chi connectivity index (χ1n) is 10.0. The third-order valence-electron chi connectivity index (χ3n) is 4.56. The van der Waals surface area contributed by atoms with E-state index in [1.165, 1.54) is 0 Å². The molecule has 33 heavy (non-hydrogen) atoms. The number of aromatic nitrogens is 3. The van der Waals surface area contributed by atoms with Gasteiger partial charge in [0.15, 0.2) is 5.69 Å². The van der Waals surface area contributed by atoms with Crippen molar-refractivity contribution in [1.29, 1.82) is 0 Å². The van der Waals surface area contributed by atoms with Crippen LogP contribution in [-0.4, -0.2) is 26.6 Å². The average molecular weight is 492 g/mol. The zero-order valence-electron chi connectivity index (χ0n) is 18.5. The fourth-order valence-electron chi connectivity index (χ4n) is 3.17. The lowest BCUT2D eigenvalue weighted by atomic mass is 10.2. The summed E-state index contributed by atoms with van der Waals surface area (Å²) in [6.45, 7) is 6.38. The molecule has 2 rings (SSSR count). The highest BCUT2D eigenvalue weighted by atomic mass is 35.5. The molecular weight excluding hydrogens is 467 g/mol. The molecule has 2 aromatic heterocycles. The number of carbonyl (C=O) groups excluding carboxylic acids is 1. The number of halogens is 4. The number of nitrogens with one attached hydrogen (secondary N) is 1. The zero-order chi connectivity index (χ0) is 25.2. The molecule has 13 heteroatoms. The molecule has 1 amide bonds. The molecule has 9 nitrogen and oxygen atoms in total. The van der Waals surface area contributed by atoms with Crippen LogP contribution in [0.4, 0.5) is 24.7 Å². The van der Waals surface area contributed by atoms with Gasteiger partial charge in [0.05, 0.1) is 5.56 Å². The van der Waals surface area contributed by atoms with Gasteiger partial charge < -0.3 is 15.2 Å². The van der Waals surface area contributed by atoms with Gasteiger partial charge in [-0.05, 0) is 17.9 Å². The molecule has 0 saturated heterocycles. The summed E-state index contributed by atoms with van der Waals surface area (Å²) in [5.74, 6) is -1.36. The topological polar surface area (TPSA) is 123 Å². The van der Waals surface area contributed by atoms with Crippen LogP contribution in [-0.2, 0) is 24.1 Å². The number of rotatable bonds is 7. The van der Waals surface area contributed by atoms with Gasteiger partial charge in [-0.25, -0.2) is 4.79 Å². The van der Waals surface area contributed by atoms with Crippen LogP contribution in [0.3, 0.4) is 0 Å². The molecule has 182 valence electrons. The highest BCUT2D eigenvalue weighted by Gasteiger charge is 2.33. The van der Waals surface area contributed by atoms with Gasteiger partial charge in [0.2, 0.25) is 5.91 Å². The number of alkyl halides is 3. The molecule has 0 radical (unpaired) electrons. The van der Waals surface area contributed by atoms with E-state index in [4.69, 9.17) is 17.3 Å². The number of H-pyrrole nitrogens is 1. The Kier molecular flexibility index (Phi) is 7.83. The summed E-state index contributed by atoms with van der Waals surface area (Å²) in [5, 5.41) is -0.712. The van der Waals surface area contributed by atoms with Gasteiger partial charge in [-0.3, -0.25) is 23.9 Å². The van der Waals surface area contributed by atoms with Crippen LogP contribution in [0.2, 0.25) is 5.02 Å². The van der Waals surface area contributed by atoms with Crippen molar-refractivity contribution in [2.45, 2.75) is 47.0 Å². The summed E-state index contributed by atoms with van der Waals surface area (Å²) in [7, 11) is 0. The number of carbonyl (C=O) groups is 1. The van der Waals surface area contributed by atoms with Crippen LogP contribution < -0.4 is 27.4 Å². The summed E-state index contributed by atoms with van der Waals surface area (Å²) < 4.78 is 41.1. The second kappa shape index (κ2) is 9.86. The van der Waals surface area contributed by atoms with E-state index in [-0.39, 0.29) is 36.4 Å². The summed E-state index contributed by atoms with van der Waals surface area (Å²) in [4.78, 5) is 53.3. The quantitative estimate of drug-likeness (QED) is 0.615. The van der Waals surface area contributed by atoms with Crippen LogP contribution >= 0.6 is 11.6 Å². The van der Waals surface area contributed by atoms with Crippen molar-refractivity contribution in [3.8, 4) is 0 Å². The molecule has 2 aromatic rings. The molecule has 0 aliphatic rings. The smallest absolute Gasteiger partial charge is 0.383 e. The highest BCUT2D eigenvalue weighted by molar-refractivity contribution is 6.30. The van der Waals surface area contributed by atoms with Crippen molar-refractivity contribution in [2.24, 2.45) is 11.8 Å². The molecule has 0 aliphatic carbocycles. The Morgan fingerprint density at radius 3 is 2.30 bits per heavy atom. The van der Waals surface area contributed by atoms with Crippen molar-refractivity contribution in [1.82, 2.24) is 14.1 Å². The monoisotopic (exact) mass is 491 g/mol. The molecule has 0 aliphatic heterocycles. The summed E-state index contributed by atoms with van der Waals surface area (Å²) in [6.07, 6.45) is -4.32. The number of pyridine rings is 1. The Balaban J connectivity index is 2.62. The van der Waals surface area contributed by atoms with E-state index in [2.05, 4.69) is 4.98 Å². The lowest BCUT2D eigenvalue weighted by molar-refractivity contribution is -0.138. The molecule has 0 spiro atoms. The third kappa shape index (κ3) is 6.06. The molecule has 3 N–H and O–H groups in total. The normalized spacial score (nSPS) is 11.9. The van der Waals surface area contributed by atoms with Gasteiger partial charge in [-0.15, -0.1) is 0 Å². The van der Waals surface area contributed by atoms with Crippen molar-refractivity contribution < 1.29 is 18.0 Å². The van der Waals surface area contributed by atoms with E-state index >= 15 is 0 Å². The fourth-order valence-corrected chi connectivity index (χ4v) is 3.40. The SMILES string of the molecule is CC(C)CN(C(=O)Cn1cc(C(F)(F)F)cc(Cl)c1=O)c1c(N)n(CC(C)C)c(=O)[nH]c1=O. The van der Waals surface area contributed by atoms with Gasteiger partial charge in [0.25, 0.3) is 11.1 Å². The number of aromatic amines is 1. The predicted octanol–water partition coefficient (Wildman–Crippen LogP) is 2.30. The van der Waals surface area contributed by atoms with Gasteiger partial charge in [0, 0.05) is 19.3 Å². The fraction of sp³-hybridized carbons (Fsp3) is 0.500. The molecule has 0 fully saturated rings. The second-order valence-electron chi connectivity index (χ2n) is 8.40. The van der Waals surface area contributed by atoms with E-state index in [0.29, 0.717) is 16.8 Å². The Morgan fingerprint density at radius 2 is 1.79 bits per heavy atom. The van der Waals surface area contributed by atoms with Gasteiger partial charge in [0.1, 0.15) is 17.4 Å². The van der Waals surface area contributed by atoms with Crippen LogP contribution in [0.15, 0.2) is 26.6 Å². The summed E-state index contributed by atoms with van der Waals surface area (Å²) >= 11 is 5.66. The number of anilines is 2. The van der Waals surface area contributed by atoms with E-state index < -0.39 is 46.0 Å². The number of nitrogens with two attached hydrogens (primary N) is 1. The minimum atomic E-state index is -4.80. The second-order valence-corrected chi connectivity index (χ2v) is 8.81. The molecular formula is C20H25ClF3N5O4. The zero-order valence-corrected chi connectivity index (χ0v) is 19.3. The Bertz CT molecular complexity index is 1210. The standard InChI is InChI=1S/C20H25ClF3N5O4/c1-10(2)6-28(15-16(25)29(7-11(3)4)19(33)26-17(15)31)14(30)9-27-8-12(20(22,23)24)5-13(21)18(27)32/h5,8,10-11H,6-7,9,25H2,1-4H3,(H,26,31,33). The average Bonchev–Trinajstić information content (AvgIpc) is 2.66. The molecule has 0 unspecified atom stereocenters. The maximum atomic E-state index is 13.1. The molecule has 0 aromatic carbocycles.